The molecule has 0 fully saturated rings. The summed E-state index contributed by atoms with van der Waals surface area (Å²) in [6.07, 6.45) is 0.686. The highest BCUT2D eigenvalue weighted by Crippen LogP contribution is 1.94. The van der Waals surface area contributed by atoms with Gasteiger partial charge in [0.15, 0.2) is 0 Å². The third-order valence-corrected chi connectivity index (χ3v) is 2.10. The third-order valence-electron chi connectivity index (χ3n) is 2.10. The molecule has 1 atom stereocenters. The highest BCUT2D eigenvalue weighted by Gasteiger charge is 2.20. The minimum absolute atomic E-state index is 0.0808. The van der Waals surface area contributed by atoms with Gasteiger partial charge in [0.2, 0.25) is 5.91 Å². The number of likely N-dealkylation sites (N-methyl/N-ethyl adjacent to an activating group) is 1. The van der Waals surface area contributed by atoms with Gasteiger partial charge in [-0.2, -0.15) is 0 Å². The molecule has 98 valence electrons. The minimum atomic E-state index is -1.12. The number of carbonyl (C=O) groups is 3. The summed E-state index contributed by atoms with van der Waals surface area (Å²) in [5, 5.41) is 13.4. The van der Waals surface area contributed by atoms with Crippen molar-refractivity contribution in [2.45, 2.75) is 26.3 Å². The number of aliphatic carboxylic acids is 1. The SMILES string of the molecule is CCCN(CC(=O)NC)C(=O)N[C@H](C)C(=O)O. The van der Waals surface area contributed by atoms with Crippen LogP contribution in [0.15, 0.2) is 0 Å². The Hall–Kier alpha value is -1.79. The molecule has 0 aromatic heterocycles. The number of hydrogen-bond acceptors (Lipinski definition) is 3. The van der Waals surface area contributed by atoms with Crippen LogP contribution in [-0.4, -0.2) is 54.1 Å². The average Bonchev–Trinajstić information content (AvgIpc) is 2.27. The molecule has 0 heterocycles. The Balaban J connectivity index is 4.43. The number of carbonyl (C=O) groups excluding carboxylic acids is 2. The van der Waals surface area contributed by atoms with Crippen molar-refractivity contribution in [1.29, 1.82) is 0 Å². The lowest BCUT2D eigenvalue weighted by molar-refractivity contribution is -0.138. The van der Waals surface area contributed by atoms with Gasteiger partial charge in [0.25, 0.3) is 0 Å². The molecule has 0 saturated carbocycles. The van der Waals surface area contributed by atoms with Crippen molar-refractivity contribution in [1.82, 2.24) is 15.5 Å². The van der Waals surface area contributed by atoms with Crippen LogP contribution in [0.25, 0.3) is 0 Å². The Morgan fingerprint density at radius 1 is 1.35 bits per heavy atom. The van der Waals surface area contributed by atoms with Crippen molar-refractivity contribution in [3.05, 3.63) is 0 Å². The second-order valence-corrected chi connectivity index (χ2v) is 3.60. The summed E-state index contributed by atoms with van der Waals surface area (Å²) >= 11 is 0. The predicted octanol–water partition coefficient (Wildman–Crippen LogP) is -0.373. The molecule has 3 N–H and O–H groups in total. The van der Waals surface area contributed by atoms with Crippen molar-refractivity contribution in [3.8, 4) is 0 Å². The van der Waals surface area contributed by atoms with Gasteiger partial charge in [-0.3, -0.25) is 9.59 Å². The van der Waals surface area contributed by atoms with Gasteiger partial charge in [-0.05, 0) is 13.3 Å². The third kappa shape index (κ3) is 5.74. The first-order valence-corrected chi connectivity index (χ1v) is 5.41. The van der Waals surface area contributed by atoms with Crippen molar-refractivity contribution < 1.29 is 19.5 Å². The van der Waals surface area contributed by atoms with Crippen LogP contribution in [0.5, 0.6) is 0 Å². The number of nitrogens with one attached hydrogen (secondary N) is 2. The molecule has 7 heteroatoms. The van der Waals surface area contributed by atoms with Crippen LogP contribution >= 0.6 is 0 Å². The highest BCUT2D eigenvalue weighted by molar-refractivity contribution is 5.86. The van der Waals surface area contributed by atoms with Crippen LogP contribution in [0, 0.1) is 0 Å². The molecule has 0 radical (unpaired) electrons. The number of rotatable bonds is 6. The fraction of sp³-hybridized carbons (Fsp3) is 0.700. The molecule has 0 aliphatic heterocycles. The number of urea groups is 1. The fourth-order valence-corrected chi connectivity index (χ4v) is 1.11. The maximum Gasteiger partial charge on any atom is 0.325 e. The van der Waals surface area contributed by atoms with Crippen LogP contribution in [-0.2, 0) is 9.59 Å². The number of amides is 3. The maximum atomic E-state index is 11.7. The Morgan fingerprint density at radius 3 is 2.35 bits per heavy atom. The summed E-state index contributed by atoms with van der Waals surface area (Å²) in [4.78, 5) is 34.7. The highest BCUT2D eigenvalue weighted by atomic mass is 16.4. The molecule has 0 aliphatic carbocycles. The standard InChI is InChI=1S/C10H19N3O4/c1-4-5-13(6-8(14)11-3)10(17)12-7(2)9(15)16/h7H,4-6H2,1-3H3,(H,11,14)(H,12,17)(H,15,16)/t7-/m1/s1. The Bertz CT molecular complexity index is 293. The van der Waals surface area contributed by atoms with E-state index in [1.807, 2.05) is 6.92 Å². The van der Waals surface area contributed by atoms with Gasteiger partial charge in [-0.15, -0.1) is 0 Å². The first kappa shape index (κ1) is 15.2. The van der Waals surface area contributed by atoms with Gasteiger partial charge < -0.3 is 20.6 Å². The first-order chi connectivity index (χ1) is 7.92. The zero-order chi connectivity index (χ0) is 13.4. The molecule has 0 aromatic rings. The lowest BCUT2D eigenvalue weighted by Crippen LogP contribution is -2.49. The van der Waals surface area contributed by atoms with Crippen LogP contribution < -0.4 is 10.6 Å². The summed E-state index contributed by atoms with van der Waals surface area (Å²) in [6.45, 7) is 3.54. The molecule has 0 spiro atoms. The van der Waals surface area contributed by atoms with E-state index in [-0.39, 0.29) is 12.5 Å². The Labute approximate surface area is 100 Å². The van der Waals surface area contributed by atoms with Crippen molar-refractivity contribution in [3.63, 3.8) is 0 Å². The topological polar surface area (TPSA) is 98.7 Å². The van der Waals surface area contributed by atoms with E-state index in [9.17, 15) is 14.4 Å². The van der Waals surface area contributed by atoms with Crippen molar-refractivity contribution in [2.24, 2.45) is 0 Å². The summed E-state index contributed by atoms with van der Waals surface area (Å²) in [5.41, 5.74) is 0. The van der Waals surface area contributed by atoms with Crippen LogP contribution in [0.4, 0.5) is 4.79 Å². The van der Waals surface area contributed by atoms with Gasteiger partial charge in [0.05, 0.1) is 0 Å². The quantitative estimate of drug-likeness (QED) is 0.594. The van der Waals surface area contributed by atoms with E-state index in [1.54, 1.807) is 0 Å². The summed E-state index contributed by atoms with van der Waals surface area (Å²) < 4.78 is 0. The first-order valence-electron chi connectivity index (χ1n) is 5.41. The summed E-state index contributed by atoms with van der Waals surface area (Å²) in [6, 6.07) is -1.53. The summed E-state index contributed by atoms with van der Waals surface area (Å²) in [7, 11) is 1.48. The number of hydrogen-bond donors (Lipinski definition) is 3. The van der Waals surface area contributed by atoms with E-state index >= 15 is 0 Å². The molecular weight excluding hydrogens is 226 g/mol. The molecule has 0 rings (SSSR count). The van der Waals surface area contributed by atoms with Gasteiger partial charge in [-0.1, -0.05) is 6.92 Å². The normalized spacial score (nSPS) is 11.5. The van der Waals surface area contributed by atoms with Crippen molar-refractivity contribution in [2.75, 3.05) is 20.1 Å². The van der Waals surface area contributed by atoms with Gasteiger partial charge >= 0.3 is 12.0 Å². The smallest absolute Gasteiger partial charge is 0.325 e. The largest absolute Gasteiger partial charge is 0.480 e. The predicted molar refractivity (Wildman–Crippen MR) is 61.6 cm³/mol. The number of nitrogens with zero attached hydrogens (tertiary/aromatic N) is 1. The van der Waals surface area contributed by atoms with Crippen LogP contribution in [0.3, 0.4) is 0 Å². The molecule has 3 amide bonds. The van der Waals surface area contributed by atoms with Crippen LogP contribution in [0.1, 0.15) is 20.3 Å². The molecule has 0 unspecified atom stereocenters. The van der Waals surface area contributed by atoms with E-state index in [0.29, 0.717) is 13.0 Å². The molecule has 0 bridgehead atoms. The molecule has 0 saturated heterocycles. The second-order valence-electron chi connectivity index (χ2n) is 3.60. The van der Waals surface area contributed by atoms with Crippen LogP contribution in [0.2, 0.25) is 0 Å². The maximum absolute atomic E-state index is 11.7. The van der Waals surface area contributed by atoms with Gasteiger partial charge in [0.1, 0.15) is 12.6 Å². The number of carboxylic acid groups (broad SMARTS) is 1. The minimum Gasteiger partial charge on any atom is -0.480 e. The van der Waals surface area contributed by atoms with E-state index in [4.69, 9.17) is 5.11 Å². The zero-order valence-electron chi connectivity index (χ0n) is 10.3. The number of carboxylic acids is 1. The Morgan fingerprint density at radius 2 is 1.94 bits per heavy atom. The summed E-state index contributed by atoms with van der Waals surface area (Å²) in [5.74, 6) is -1.41. The lowest BCUT2D eigenvalue weighted by atomic mass is 10.3. The fourth-order valence-electron chi connectivity index (χ4n) is 1.11. The Kier molecular flexibility index (Phi) is 6.69. The molecule has 17 heavy (non-hydrogen) atoms. The molecule has 0 aliphatic rings. The van der Waals surface area contributed by atoms with E-state index in [0.717, 1.165) is 0 Å². The molecule has 7 nitrogen and oxygen atoms in total. The van der Waals surface area contributed by atoms with E-state index in [1.165, 1.54) is 18.9 Å². The van der Waals surface area contributed by atoms with Gasteiger partial charge in [0, 0.05) is 13.6 Å². The average molecular weight is 245 g/mol. The molecule has 0 aromatic carbocycles. The van der Waals surface area contributed by atoms with E-state index in [2.05, 4.69) is 10.6 Å². The van der Waals surface area contributed by atoms with Gasteiger partial charge in [-0.25, -0.2) is 4.79 Å². The lowest BCUT2D eigenvalue weighted by Gasteiger charge is -2.22. The van der Waals surface area contributed by atoms with E-state index < -0.39 is 18.0 Å². The monoisotopic (exact) mass is 245 g/mol. The second kappa shape index (κ2) is 7.48. The zero-order valence-corrected chi connectivity index (χ0v) is 10.3. The van der Waals surface area contributed by atoms with Crippen molar-refractivity contribution >= 4 is 17.9 Å². The molecular formula is C10H19N3O4.